The number of benzene rings is 1. The maximum atomic E-state index is 10.4. The first-order valence-corrected chi connectivity index (χ1v) is 7.45. The second kappa shape index (κ2) is 10.3. The summed E-state index contributed by atoms with van der Waals surface area (Å²) in [5, 5.41) is 3.67. The highest BCUT2D eigenvalue weighted by molar-refractivity contribution is 5.92. The Morgan fingerprint density at radius 1 is 1.26 bits per heavy atom. The van der Waals surface area contributed by atoms with Crippen LogP contribution in [0, 0.1) is 0 Å². The molecule has 1 aromatic heterocycles. The Morgan fingerprint density at radius 2 is 1.91 bits per heavy atom. The molecule has 0 radical (unpaired) electrons. The third-order valence-electron chi connectivity index (χ3n) is 3.25. The van der Waals surface area contributed by atoms with Crippen LogP contribution in [0.25, 0.3) is 10.9 Å². The van der Waals surface area contributed by atoms with Crippen molar-refractivity contribution in [2.45, 2.75) is 19.8 Å². The van der Waals surface area contributed by atoms with Crippen molar-refractivity contribution in [3.8, 4) is 0 Å². The van der Waals surface area contributed by atoms with Gasteiger partial charge >= 0.3 is 0 Å². The number of halogens is 1. The second-order valence-electron chi connectivity index (χ2n) is 4.79. The Kier molecular flexibility index (Phi) is 8.28. The number of carbonyl (C=O) groups is 1. The Balaban J connectivity index is 0.000000477. The molecule has 124 valence electrons. The van der Waals surface area contributed by atoms with Crippen LogP contribution in [0.1, 0.15) is 19.8 Å². The van der Waals surface area contributed by atoms with E-state index in [2.05, 4.69) is 26.8 Å². The maximum absolute atomic E-state index is 10.4. The molecule has 2 heterocycles. The highest BCUT2D eigenvalue weighted by Crippen LogP contribution is 2.27. The van der Waals surface area contributed by atoms with Gasteiger partial charge in [0.15, 0.2) is 0 Å². The highest BCUT2D eigenvalue weighted by atomic mass is 19.1. The minimum absolute atomic E-state index is 0.500. The standard InChI is InChI=1S/C13H14N4O.C3H6.CH3F/c18-9-16-10-3-4-11-12(7-10)14-8-15-13(11)17-5-1-2-6-17;1-3-2;1-2/h3-4,7-9H,1-2,5-6H2,(H,16,18);3H,1H2,2H3;1H3. The summed E-state index contributed by atoms with van der Waals surface area (Å²) in [6, 6.07) is 5.71. The van der Waals surface area contributed by atoms with Crippen molar-refractivity contribution in [3.05, 3.63) is 37.2 Å². The number of fused-ring (bicyclic) bond motifs is 1. The molecule has 1 aliphatic heterocycles. The van der Waals surface area contributed by atoms with Crippen LogP contribution < -0.4 is 10.2 Å². The van der Waals surface area contributed by atoms with Gasteiger partial charge in [-0.25, -0.2) is 9.97 Å². The highest BCUT2D eigenvalue weighted by Gasteiger charge is 2.16. The lowest BCUT2D eigenvalue weighted by atomic mass is 10.2. The molecule has 0 bridgehead atoms. The molecule has 1 N–H and O–H groups in total. The van der Waals surface area contributed by atoms with Gasteiger partial charge in [0.05, 0.1) is 12.7 Å². The van der Waals surface area contributed by atoms with E-state index in [1.807, 2.05) is 25.1 Å². The number of carbonyl (C=O) groups excluding carboxylic acids is 1. The Hall–Kier alpha value is -2.50. The molecular formula is C17H23FN4O. The first kappa shape index (κ1) is 18.5. The number of allylic oxidation sites excluding steroid dienone is 1. The molecule has 1 aromatic carbocycles. The minimum Gasteiger partial charge on any atom is -0.356 e. The molecule has 3 rings (SSSR count). The Labute approximate surface area is 136 Å². The zero-order valence-electron chi connectivity index (χ0n) is 13.6. The number of anilines is 2. The van der Waals surface area contributed by atoms with Gasteiger partial charge in [0.2, 0.25) is 6.41 Å². The monoisotopic (exact) mass is 318 g/mol. The van der Waals surface area contributed by atoms with Crippen molar-refractivity contribution in [2.75, 3.05) is 30.5 Å². The largest absolute Gasteiger partial charge is 0.356 e. The SMILES string of the molecule is C=CC.CF.O=CNc1ccc2c(N3CCCC3)ncnc2c1. The van der Waals surface area contributed by atoms with Crippen LogP contribution >= 0.6 is 0 Å². The molecule has 1 saturated heterocycles. The van der Waals surface area contributed by atoms with Gasteiger partial charge in [-0.3, -0.25) is 9.18 Å². The first-order valence-electron chi connectivity index (χ1n) is 7.45. The molecule has 6 heteroatoms. The number of rotatable bonds is 3. The van der Waals surface area contributed by atoms with E-state index in [-0.39, 0.29) is 0 Å². The average Bonchev–Trinajstić information content (AvgIpc) is 3.11. The summed E-state index contributed by atoms with van der Waals surface area (Å²) in [5.41, 5.74) is 1.61. The van der Waals surface area contributed by atoms with Crippen molar-refractivity contribution in [1.29, 1.82) is 0 Å². The van der Waals surface area contributed by atoms with Gasteiger partial charge in [0.25, 0.3) is 0 Å². The number of amides is 1. The van der Waals surface area contributed by atoms with Crippen LogP contribution in [0.5, 0.6) is 0 Å². The summed E-state index contributed by atoms with van der Waals surface area (Å²) < 4.78 is 9.50. The Morgan fingerprint density at radius 3 is 2.52 bits per heavy atom. The van der Waals surface area contributed by atoms with E-state index >= 15 is 0 Å². The fourth-order valence-corrected chi connectivity index (χ4v) is 2.38. The van der Waals surface area contributed by atoms with Gasteiger partial charge in [-0.2, -0.15) is 0 Å². The first-order chi connectivity index (χ1) is 11.3. The van der Waals surface area contributed by atoms with E-state index in [0.717, 1.165) is 35.5 Å². The zero-order valence-corrected chi connectivity index (χ0v) is 13.6. The van der Waals surface area contributed by atoms with E-state index < -0.39 is 0 Å². The molecule has 0 aliphatic carbocycles. The van der Waals surface area contributed by atoms with Crippen molar-refractivity contribution < 1.29 is 9.18 Å². The van der Waals surface area contributed by atoms with Crippen LogP contribution in [0.15, 0.2) is 37.2 Å². The lowest BCUT2D eigenvalue weighted by molar-refractivity contribution is -0.105. The van der Waals surface area contributed by atoms with Crippen LogP contribution in [-0.2, 0) is 4.79 Å². The number of hydrogen-bond acceptors (Lipinski definition) is 4. The number of hydrogen-bond donors (Lipinski definition) is 1. The van der Waals surface area contributed by atoms with Gasteiger partial charge in [0, 0.05) is 24.2 Å². The molecule has 5 nitrogen and oxygen atoms in total. The third-order valence-corrected chi connectivity index (χ3v) is 3.25. The maximum Gasteiger partial charge on any atom is 0.211 e. The molecular weight excluding hydrogens is 295 g/mol. The van der Waals surface area contributed by atoms with E-state index in [4.69, 9.17) is 0 Å². The molecule has 1 aliphatic rings. The normalized spacial score (nSPS) is 12.6. The number of nitrogens with one attached hydrogen (secondary N) is 1. The van der Waals surface area contributed by atoms with Crippen molar-refractivity contribution in [2.24, 2.45) is 0 Å². The summed E-state index contributed by atoms with van der Waals surface area (Å²) in [5.74, 6) is 0.996. The minimum atomic E-state index is 0.500. The lowest BCUT2D eigenvalue weighted by Gasteiger charge is -2.17. The summed E-state index contributed by atoms with van der Waals surface area (Å²) in [6.07, 6.45) is 6.44. The van der Waals surface area contributed by atoms with Crippen LogP contribution in [-0.4, -0.2) is 36.6 Å². The van der Waals surface area contributed by atoms with Crippen molar-refractivity contribution >= 4 is 28.8 Å². The average molecular weight is 318 g/mol. The second-order valence-corrected chi connectivity index (χ2v) is 4.79. The molecule has 0 unspecified atom stereocenters. The number of aromatic nitrogens is 2. The summed E-state index contributed by atoms with van der Waals surface area (Å²) in [4.78, 5) is 21.4. The van der Waals surface area contributed by atoms with Crippen LogP contribution in [0.2, 0.25) is 0 Å². The third kappa shape index (κ3) is 5.02. The van der Waals surface area contributed by atoms with Crippen molar-refractivity contribution in [1.82, 2.24) is 9.97 Å². The van der Waals surface area contributed by atoms with E-state index in [9.17, 15) is 9.18 Å². The number of nitrogens with zero attached hydrogens (tertiary/aromatic N) is 3. The van der Waals surface area contributed by atoms with E-state index in [1.54, 1.807) is 12.4 Å². The fraction of sp³-hybridized carbons (Fsp3) is 0.353. The van der Waals surface area contributed by atoms with Gasteiger partial charge in [-0.05, 0) is 38.0 Å². The predicted octanol–water partition coefficient (Wildman–Crippen LogP) is 3.58. The summed E-state index contributed by atoms with van der Waals surface area (Å²) >= 11 is 0. The number of alkyl halides is 1. The van der Waals surface area contributed by atoms with Crippen LogP contribution in [0.4, 0.5) is 15.9 Å². The quantitative estimate of drug-likeness (QED) is 0.694. The zero-order chi connectivity index (χ0) is 17.1. The van der Waals surface area contributed by atoms with Gasteiger partial charge in [-0.15, -0.1) is 6.58 Å². The molecule has 0 atom stereocenters. The predicted molar refractivity (Wildman–Crippen MR) is 93.6 cm³/mol. The summed E-state index contributed by atoms with van der Waals surface area (Å²) in [7, 11) is 0.500. The topological polar surface area (TPSA) is 58.1 Å². The molecule has 0 spiro atoms. The van der Waals surface area contributed by atoms with Gasteiger partial charge < -0.3 is 10.2 Å². The smallest absolute Gasteiger partial charge is 0.211 e. The summed E-state index contributed by atoms with van der Waals surface area (Å²) in [6.45, 7) is 7.36. The fourth-order valence-electron chi connectivity index (χ4n) is 2.38. The molecule has 1 amide bonds. The van der Waals surface area contributed by atoms with E-state index in [1.165, 1.54) is 12.8 Å². The molecule has 1 fully saturated rings. The Bertz CT molecular complexity index is 627. The molecule has 0 saturated carbocycles. The molecule has 23 heavy (non-hydrogen) atoms. The van der Waals surface area contributed by atoms with Crippen LogP contribution in [0.3, 0.4) is 0 Å². The van der Waals surface area contributed by atoms with Gasteiger partial charge in [-0.1, -0.05) is 6.08 Å². The van der Waals surface area contributed by atoms with E-state index in [0.29, 0.717) is 13.6 Å². The lowest BCUT2D eigenvalue weighted by Crippen LogP contribution is -2.19. The van der Waals surface area contributed by atoms with Crippen molar-refractivity contribution in [3.63, 3.8) is 0 Å². The van der Waals surface area contributed by atoms with Gasteiger partial charge in [0.1, 0.15) is 12.1 Å². The molecule has 2 aromatic rings.